The fourth-order valence-electron chi connectivity index (χ4n) is 5.36. The Bertz CT molecular complexity index is 1360. The number of nitrogens with zero attached hydrogens (tertiary/aromatic N) is 3. The van der Waals surface area contributed by atoms with E-state index in [1.54, 1.807) is 0 Å². The molecule has 2 aromatic carbocycles. The number of fused-ring (bicyclic) bond motifs is 1. The fourth-order valence-corrected chi connectivity index (χ4v) is 5.36. The molecule has 3 fully saturated rings. The summed E-state index contributed by atoms with van der Waals surface area (Å²) in [6.07, 6.45) is 7.88. The highest BCUT2D eigenvalue weighted by Gasteiger charge is 2.33. The van der Waals surface area contributed by atoms with Gasteiger partial charge in [0.2, 0.25) is 11.7 Å². The fraction of sp³-hybridized carbons (Fsp3) is 0.429. The maximum atomic E-state index is 6.41. The van der Waals surface area contributed by atoms with Gasteiger partial charge in [0.1, 0.15) is 11.9 Å². The maximum Gasteiger partial charge on any atom is 0.230 e. The van der Waals surface area contributed by atoms with Crippen molar-refractivity contribution in [2.75, 3.05) is 18.9 Å². The van der Waals surface area contributed by atoms with Crippen LogP contribution < -0.4 is 10.5 Å². The minimum atomic E-state index is 0.197. The third-order valence-corrected chi connectivity index (χ3v) is 7.66. The third-order valence-electron chi connectivity index (χ3n) is 7.66. The SMILES string of the molecule is Nc1ccc(-c2c(-c3noc(C4CC4)n3)c3ccc(OC4CCOCC4)cc3n2C2CCC2)cc1. The largest absolute Gasteiger partial charge is 0.490 e. The molecular weight excluding hydrogens is 440 g/mol. The Kier molecular flexibility index (Phi) is 5.05. The molecule has 0 radical (unpaired) electrons. The van der Waals surface area contributed by atoms with E-state index >= 15 is 0 Å². The molecule has 0 spiro atoms. The van der Waals surface area contributed by atoms with Gasteiger partial charge < -0.3 is 24.3 Å². The van der Waals surface area contributed by atoms with Gasteiger partial charge in [0.15, 0.2) is 0 Å². The lowest BCUT2D eigenvalue weighted by Gasteiger charge is -2.30. The molecule has 2 aliphatic carbocycles. The number of aromatic nitrogens is 3. The Hall–Kier alpha value is -3.32. The lowest BCUT2D eigenvalue weighted by Crippen LogP contribution is -2.25. The van der Waals surface area contributed by atoms with Crippen molar-refractivity contribution in [2.45, 2.75) is 63.0 Å². The van der Waals surface area contributed by atoms with Gasteiger partial charge in [0, 0.05) is 41.9 Å². The summed E-state index contributed by atoms with van der Waals surface area (Å²) in [6, 6.07) is 15.0. The van der Waals surface area contributed by atoms with Gasteiger partial charge in [0.05, 0.1) is 30.0 Å². The second-order valence-corrected chi connectivity index (χ2v) is 10.1. The van der Waals surface area contributed by atoms with E-state index in [0.717, 1.165) is 91.3 Å². The maximum absolute atomic E-state index is 6.41. The van der Waals surface area contributed by atoms with E-state index in [1.165, 1.54) is 11.9 Å². The summed E-state index contributed by atoms with van der Waals surface area (Å²) >= 11 is 0. The zero-order valence-corrected chi connectivity index (χ0v) is 19.8. The standard InChI is InChI=1S/C28H30N4O3/c29-19-8-6-17(7-9-19)26-25(27-30-28(35-31-27)18-4-5-18)23-11-10-22(34-21-12-14-33-15-13-21)16-24(23)32(26)20-2-1-3-20/h6-11,16,18,20-21H,1-5,12-15,29H2. The zero-order valence-electron chi connectivity index (χ0n) is 19.8. The smallest absolute Gasteiger partial charge is 0.230 e. The van der Waals surface area contributed by atoms with Crippen molar-refractivity contribution < 1.29 is 14.0 Å². The monoisotopic (exact) mass is 470 g/mol. The van der Waals surface area contributed by atoms with E-state index in [9.17, 15) is 0 Å². The number of nitrogen functional groups attached to an aromatic ring is 1. The molecule has 2 saturated carbocycles. The summed E-state index contributed by atoms with van der Waals surface area (Å²) in [7, 11) is 0. The summed E-state index contributed by atoms with van der Waals surface area (Å²) in [5.74, 6) is 2.74. The predicted molar refractivity (Wildman–Crippen MR) is 134 cm³/mol. The minimum absolute atomic E-state index is 0.197. The normalized spacial score (nSPS) is 19.2. The van der Waals surface area contributed by atoms with Crippen molar-refractivity contribution in [3.8, 4) is 28.4 Å². The number of ether oxygens (including phenoxy) is 2. The van der Waals surface area contributed by atoms with Crippen LogP contribution in [0, 0.1) is 0 Å². The van der Waals surface area contributed by atoms with Crippen LogP contribution in [0.1, 0.15) is 62.8 Å². The quantitative estimate of drug-likeness (QED) is 0.343. The van der Waals surface area contributed by atoms with Gasteiger partial charge >= 0.3 is 0 Å². The average Bonchev–Trinajstić information content (AvgIpc) is 3.50. The van der Waals surface area contributed by atoms with Gasteiger partial charge in [0.25, 0.3) is 0 Å². The molecule has 3 heterocycles. The van der Waals surface area contributed by atoms with Gasteiger partial charge in [-0.05, 0) is 61.9 Å². The van der Waals surface area contributed by atoms with Crippen LogP contribution in [0.3, 0.4) is 0 Å². The van der Waals surface area contributed by atoms with Gasteiger partial charge in [-0.3, -0.25) is 0 Å². The molecule has 2 N–H and O–H groups in total. The Labute approximate surface area is 204 Å². The minimum Gasteiger partial charge on any atom is -0.490 e. The van der Waals surface area contributed by atoms with Crippen LogP contribution in [-0.2, 0) is 4.74 Å². The zero-order chi connectivity index (χ0) is 23.4. The average molecular weight is 471 g/mol. The molecule has 7 rings (SSSR count). The molecule has 0 amide bonds. The molecule has 180 valence electrons. The summed E-state index contributed by atoms with van der Waals surface area (Å²) in [4.78, 5) is 4.87. The highest BCUT2D eigenvalue weighted by molar-refractivity contribution is 6.03. The molecule has 2 aromatic heterocycles. The first-order valence-corrected chi connectivity index (χ1v) is 12.9. The summed E-state index contributed by atoms with van der Waals surface area (Å²) in [5.41, 5.74) is 11.2. The molecule has 7 nitrogen and oxygen atoms in total. The molecular formula is C28H30N4O3. The van der Waals surface area contributed by atoms with Crippen molar-refractivity contribution >= 4 is 16.6 Å². The Morgan fingerprint density at radius 3 is 2.46 bits per heavy atom. The summed E-state index contributed by atoms with van der Waals surface area (Å²) in [5, 5.41) is 5.60. The lowest BCUT2D eigenvalue weighted by atomic mass is 9.92. The second kappa shape index (κ2) is 8.41. The van der Waals surface area contributed by atoms with E-state index in [4.69, 9.17) is 24.7 Å². The number of benzene rings is 2. The van der Waals surface area contributed by atoms with E-state index < -0.39 is 0 Å². The number of hydrogen-bond acceptors (Lipinski definition) is 6. The van der Waals surface area contributed by atoms with Gasteiger partial charge in [-0.25, -0.2) is 0 Å². The first-order chi connectivity index (χ1) is 17.2. The first-order valence-electron chi connectivity index (χ1n) is 12.9. The molecule has 4 aromatic rings. The van der Waals surface area contributed by atoms with Gasteiger partial charge in [-0.2, -0.15) is 4.98 Å². The molecule has 0 unspecified atom stereocenters. The second-order valence-electron chi connectivity index (χ2n) is 10.1. The van der Waals surface area contributed by atoms with Crippen LogP contribution in [0.4, 0.5) is 5.69 Å². The van der Waals surface area contributed by atoms with Crippen molar-refractivity contribution in [2.24, 2.45) is 0 Å². The van der Waals surface area contributed by atoms with Crippen LogP contribution in [0.2, 0.25) is 0 Å². The molecule has 0 atom stereocenters. The van der Waals surface area contributed by atoms with Crippen molar-refractivity contribution in [3.63, 3.8) is 0 Å². The molecule has 0 bridgehead atoms. The van der Waals surface area contributed by atoms with E-state index in [0.29, 0.717) is 17.8 Å². The van der Waals surface area contributed by atoms with Crippen LogP contribution in [0.25, 0.3) is 33.5 Å². The summed E-state index contributed by atoms with van der Waals surface area (Å²) in [6.45, 7) is 1.52. The molecule has 1 aliphatic heterocycles. The van der Waals surface area contributed by atoms with Crippen LogP contribution >= 0.6 is 0 Å². The third kappa shape index (κ3) is 3.78. The molecule has 1 saturated heterocycles. The van der Waals surface area contributed by atoms with Crippen molar-refractivity contribution in [1.82, 2.24) is 14.7 Å². The Balaban J connectivity index is 1.42. The van der Waals surface area contributed by atoms with Crippen LogP contribution in [-0.4, -0.2) is 34.0 Å². The Morgan fingerprint density at radius 1 is 0.943 bits per heavy atom. The first kappa shape index (κ1) is 21.0. The molecule has 3 aliphatic rings. The topological polar surface area (TPSA) is 88.3 Å². The number of hydrogen-bond donors (Lipinski definition) is 1. The highest BCUT2D eigenvalue weighted by atomic mass is 16.5. The van der Waals surface area contributed by atoms with E-state index in [1.807, 2.05) is 12.1 Å². The van der Waals surface area contributed by atoms with Gasteiger partial charge in [-0.1, -0.05) is 17.3 Å². The van der Waals surface area contributed by atoms with E-state index in [-0.39, 0.29) is 6.10 Å². The van der Waals surface area contributed by atoms with Crippen molar-refractivity contribution in [1.29, 1.82) is 0 Å². The van der Waals surface area contributed by atoms with Crippen LogP contribution in [0.15, 0.2) is 47.0 Å². The lowest BCUT2D eigenvalue weighted by molar-refractivity contribution is 0.0256. The van der Waals surface area contributed by atoms with Gasteiger partial charge in [-0.15, -0.1) is 0 Å². The molecule has 35 heavy (non-hydrogen) atoms. The van der Waals surface area contributed by atoms with E-state index in [2.05, 4.69) is 40.1 Å². The summed E-state index contributed by atoms with van der Waals surface area (Å²) < 4.78 is 20.1. The number of nitrogens with two attached hydrogens (primary N) is 1. The molecule has 7 heteroatoms. The Morgan fingerprint density at radius 2 is 1.74 bits per heavy atom. The van der Waals surface area contributed by atoms with Crippen LogP contribution in [0.5, 0.6) is 5.75 Å². The highest BCUT2D eigenvalue weighted by Crippen LogP contribution is 2.48. The number of anilines is 1. The number of rotatable bonds is 6. The van der Waals surface area contributed by atoms with Crippen molar-refractivity contribution in [3.05, 3.63) is 48.4 Å². The predicted octanol–water partition coefficient (Wildman–Crippen LogP) is 6.10.